The Balaban J connectivity index is 1.96. The molecule has 4 nitrogen and oxygen atoms in total. The Morgan fingerprint density at radius 1 is 1.42 bits per heavy atom. The number of ether oxygens (including phenoxy) is 1. The summed E-state index contributed by atoms with van der Waals surface area (Å²) in [6, 6.07) is 8.03. The predicted octanol–water partition coefficient (Wildman–Crippen LogP) is 1.67. The molecule has 1 saturated heterocycles. The predicted molar refractivity (Wildman–Crippen MR) is 74.4 cm³/mol. The molecule has 2 rings (SSSR count). The quantitative estimate of drug-likeness (QED) is 0.898. The van der Waals surface area contributed by atoms with E-state index in [0.29, 0.717) is 13.1 Å². The molecule has 0 radical (unpaired) electrons. The molecule has 2 atom stereocenters. The van der Waals surface area contributed by atoms with E-state index in [4.69, 9.17) is 10.5 Å². The number of likely N-dealkylation sites (N-methyl/N-ethyl adjacent to an activating group) is 1. The Bertz CT molecular complexity index is 448. The van der Waals surface area contributed by atoms with E-state index in [0.717, 1.165) is 24.0 Å². The van der Waals surface area contributed by atoms with E-state index in [1.807, 2.05) is 38.2 Å². The topological polar surface area (TPSA) is 55.6 Å². The minimum absolute atomic E-state index is 0.0718. The number of amides is 1. The molecule has 2 unspecified atom stereocenters. The van der Waals surface area contributed by atoms with Crippen LogP contribution in [0, 0.1) is 0 Å². The van der Waals surface area contributed by atoms with Gasteiger partial charge in [-0.3, -0.25) is 4.79 Å². The van der Waals surface area contributed by atoms with Gasteiger partial charge in [0.05, 0.1) is 6.10 Å². The van der Waals surface area contributed by atoms with Gasteiger partial charge in [0.15, 0.2) is 0 Å². The molecule has 1 aliphatic heterocycles. The Morgan fingerprint density at radius 3 is 2.79 bits per heavy atom. The van der Waals surface area contributed by atoms with Crippen molar-refractivity contribution in [1.82, 2.24) is 4.90 Å². The number of carbonyl (C=O) groups excluding carboxylic acids is 1. The normalized spacial score (nSPS) is 22.5. The fraction of sp³-hybridized carbons (Fsp3) is 0.533. The Morgan fingerprint density at radius 2 is 2.16 bits per heavy atom. The van der Waals surface area contributed by atoms with Crippen molar-refractivity contribution in [2.24, 2.45) is 5.73 Å². The number of nitrogens with two attached hydrogens (primary N) is 1. The van der Waals surface area contributed by atoms with Gasteiger partial charge in [0.1, 0.15) is 6.10 Å². The van der Waals surface area contributed by atoms with Gasteiger partial charge in [-0.2, -0.15) is 0 Å². The third-order valence-electron chi connectivity index (χ3n) is 3.53. The summed E-state index contributed by atoms with van der Waals surface area (Å²) < 4.78 is 5.62. The Hall–Kier alpha value is -1.39. The monoisotopic (exact) mass is 262 g/mol. The number of carbonyl (C=O) groups is 1. The lowest BCUT2D eigenvalue weighted by Crippen LogP contribution is -2.36. The van der Waals surface area contributed by atoms with Crippen LogP contribution in [0.4, 0.5) is 0 Å². The number of benzene rings is 1. The summed E-state index contributed by atoms with van der Waals surface area (Å²) in [6.07, 6.45) is 1.72. The zero-order valence-corrected chi connectivity index (χ0v) is 11.6. The smallest absolute Gasteiger partial charge is 0.251 e. The fourth-order valence-corrected chi connectivity index (χ4v) is 2.44. The van der Waals surface area contributed by atoms with Crippen molar-refractivity contribution in [3.05, 3.63) is 35.4 Å². The van der Waals surface area contributed by atoms with Crippen molar-refractivity contribution in [2.75, 3.05) is 7.05 Å². The van der Waals surface area contributed by atoms with Crippen molar-refractivity contribution < 1.29 is 9.53 Å². The number of hydrogen-bond donors (Lipinski definition) is 1. The van der Waals surface area contributed by atoms with Gasteiger partial charge in [0.25, 0.3) is 5.91 Å². The molecule has 0 aromatic heterocycles. The first-order valence-electron chi connectivity index (χ1n) is 6.78. The van der Waals surface area contributed by atoms with Gasteiger partial charge >= 0.3 is 0 Å². The summed E-state index contributed by atoms with van der Waals surface area (Å²) in [7, 11) is 1.82. The van der Waals surface area contributed by atoms with Crippen LogP contribution >= 0.6 is 0 Å². The van der Waals surface area contributed by atoms with E-state index in [1.54, 1.807) is 4.90 Å². The van der Waals surface area contributed by atoms with Crippen molar-refractivity contribution in [1.29, 1.82) is 0 Å². The molecular formula is C15H22N2O2. The van der Waals surface area contributed by atoms with Crippen LogP contribution in [0.1, 0.15) is 30.9 Å². The number of rotatable bonds is 4. The second kappa shape index (κ2) is 6.17. The molecule has 0 saturated carbocycles. The summed E-state index contributed by atoms with van der Waals surface area (Å²) in [4.78, 5) is 14.0. The summed E-state index contributed by atoms with van der Waals surface area (Å²) in [6.45, 7) is 3.13. The SMILES string of the molecule is CC1CCC(C(=O)N(C)Cc2cccc(CN)c2)O1. The van der Waals surface area contributed by atoms with Gasteiger partial charge in [-0.05, 0) is 30.9 Å². The first-order chi connectivity index (χ1) is 9.10. The van der Waals surface area contributed by atoms with Crippen LogP contribution in [0.3, 0.4) is 0 Å². The highest BCUT2D eigenvalue weighted by Gasteiger charge is 2.30. The van der Waals surface area contributed by atoms with E-state index < -0.39 is 0 Å². The second-order valence-corrected chi connectivity index (χ2v) is 5.23. The van der Waals surface area contributed by atoms with Crippen LogP contribution < -0.4 is 5.73 Å². The third kappa shape index (κ3) is 3.55. The highest BCUT2D eigenvalue weighted by Crippen LogP contribution is 2.21. The van der Waals surface area contributed by atoms with Crippen molar-refractivity contribution in [3.63, 3.8) is 0 Å². The Kier molecular flexibility index (Phi) is 4.56. The third-order valence-corrected chi connectivity index (χ3v) is 3.53. The van der Waals surface area contributed by atoms with Crippen LogP contribution in [-0.4, -0.2) is 30.1 Å². The first kappa shape index (κ1) is 14.0. The molecule has 0 bridgehead atoms. The van der Waals surface area contributed by atoms with Crippen LogP contribution in [-0.2, 0) is 22.6 Å². The van der Waals surface area contributed by atoms with Crippen LogP contribution in [0.15, 0.2) is 24.3 Å². The maximum absolute atomic E-state index is 12.2. The molecule has 1 heterocycles. The zero-order valence-electron chi connectivity index (χ0n) is 11.6. The summed E-state index contributed by atoms with van der Waals surface area (Å²) in [5.41, 5.74) is 7.81. The van der Waals surface area contributed by atoms with Gasteiger partial charge in [-0.1, -0.05) is 24.3 Å². The second-order valence-electron chi connectivity index (χ2n) is 5.23. The zero-order chi connectivity index (χ0) is 13.8. The van der Waals surface area contributed by atoms with Crippen molar-refractivity contribution in [3.8, 4) is 0 Å². The minimum Gasteiger partial charge on any atom is -0.365 e. The molecule has 1 aliphatic rings. The number of hydrogen-bond acceptors (Lipinski definition) is 3. The molecule has 4 heteroatoms. The highest BCUT2D eigenvalue weighted by atomic mass is 16.5. The average molecular weight is 262 g/mol. The molecule has 1 aromatic rings. The van der Waals surface area contributed by atoms with E-state index in [-0.39, 0.29) is 18.1 Å². The largest absolute Gasteiger partial charge is 0.365 e. The minimum atomic E-state index is -0.266. The molecule has 104 valence electrons. The van der Waals surface area contributed by atoms with Gasteiger partial charge in [0, 0.05) is 20.1 Å². The van der Waals surface area contributed by atoms with Gasteiger partial charge in [0.2, 0.25) is 0 Å². The fourth-order valence-electron chi connectivity index (χ4n) is 2.44. The van der Waals surface area contributed by atoms with Crippen LogP contribution in [0.2, 0.25) is 0 Å². The summed E-state index contributed by atoms with van der Waals surface area (Å²) >= 11 is 0. The molecule has 0 aliphatic carbocycles. The van der Waals surface area contributed by atoms with Gasteiger partial charge < -0.3 is 15.4 Å². The molecule has 2 N–H and O–H groups in total. The maximum Gasteiger partial charge on any atom is 0.251 e. The lowest BCUT2D eigenvalue weighted by Gasteiger charge is -2.21. The van der Waals surface area contributed by atoms with E-state index >= 15 is 0 Å². The molecule has 0 spiro atoms. The standard InChI is InChI=1S/C15H22N2O2/c1-11-6-7-14(19-11)15(18)17(2)10-13-5-3-4-12(8-13)9-16/h3-5,8,11,14H,6-7,9-10,16H2,1-2H3. The molecule has 1 amide bonds. The van der Waals surface area contributed by atoms with Crippen molar-refractivity contribution in [2.45, 2.75) is 45.1 Å². The molecule has 1 aromatic carbocycles. The Labute approximate surface area is 114 Å². The summed E-state index contributed by atoms with van der Waals surface area (Å²) in [5, 5.41) is 0. The lowest BCUT2D eigenvalue weighted by atomic mass is 10.1. The molecular weight excluding hydrogens is 240 g/mol. The van der Waals surface area contributed by atoms with Crippen LogP contribution in [0.5, 0.6) is 0 Å². The van der Waals surface area contributed by atoms with Crippen LogP contribution in [0.25, 0.3) is 0 Å². The van der Waals surface area contributed by atoms with E-state index in [9.17, 15) is 4.79 Å². The average Bonchev–Trinajstić information content (AvgIpc) is 2.84. The van der Waals surface area contributed by atoms with E-state index in [2.05, 4.69) is 0 Å². The van der Waals surface area contributed by atoms with Gasteiger partial charge in [-0.25, -0.2) is 0 Å². The van der Waals surface area contributed by atoms with Gasteiger partial charge in [-0.15, -0.1) is 0 Å². The van der Waals surface area contributed by atoms with Crippen molar-refractivity contribution >= 4 is 5.91 Å². The summed E-state index contributed by atoms with van der Waals surface area (Å²) in [5.74, 6) is 0.0718. The molecule has 19 heavy (non-hydrogen) atoms. The molecule has 1 fully saturated rings. The highest BCUT2D eigenvalue weighted by molar-refractivity contribution is 5.80. The lowest BCUT2D eigenvalue weighted by molar-refractivity contribution is -0.141. The van der Waals surface area contributed by atoms with E-state index in [1.165, 1.54) is 0 Å². The first-order valence-corrected chi connectivity index (χ1v) is 6.78. The number of nitrogens with zero attached hydrogens (tertiary/aromatic N) is 1. The maximum atomic E-state index is 12.2.